The van der Waals surface area contributed by atoms with Crippen molar-refractivity contribution in [2.45, 2.75) is 39.0 Å². The van der Waals surface area contributed by atoms with Gasteiger partial charge in [-0.25, -0.2) is 9.37 Å². The van der Waals surface area contributed by atoms with Crippen LogP contribution in [0.3, 0.4) is 0 Å². The van der Waals surface area contributed by atoms with Gasteiger partial charge in [-0.3, -0.25) is 4.79 Å². The maximum Gasteiger partial charge on any atom is 0.308 e. The second-order valence-corrected chi connectivity index (χ2v) is 6.83. The van der Waals surface area contributed by atoms with Crippen LogP contribution in [-0.2, 0) is 23.1 Å². The molecule has 1 aromatic heterocycles. The Balaban J connectivity index is 2.27. The van der Waals surface area contributed by atoms with E-state index < -0.39 is 5.97 Å². The number of hydrogen-bond donors (Lipinski definition) is 1. The second-order valence-electron chi connectivity index (χ2n) is 5.75. The van der Waals surface area contributed by atoms with Crippen LogP contribution in [0.2, 0.25) is 0 Å². The first-order valence-electron chi connectivity index (χ1n) is 6.71. The van der Waals surface area contributed by atoms with Crippen molar-refractivity contribution in [3.05, 3.63) is 51.2 Å². The minimum atomic E-state index is -0.861. The predicted octanol–water partition coefficient (Wildman–Crippen LogP) is 3.74. The number of nitrogens with zero attached hydrogens (tertiary/aromatic N) is 1. The van der Waals surface area contributed by atoms with Gasteiger partial charge in [-0.15, -0.1) is 11.3 Å². The smallest absolute Gasteiger partial charge is 0.308 e. The molecule has 0 spiro atoms. The molecule has 112 valence electrons. The Morgan fingerprint density at radius 1 is 1.38 bits per heavy atom. The van der Waals surface area contributed by atoms with Crippen LogP contribution in [-0.4, -0.2) is 16.1 Å². The average Bonchev–Trinajstić information content (AvgIpc) is 2.74. The summed E-state index contributed by atoms with van der Waals surface area (Å²) >= 11 is 1.41. The molecule has 2 rings (SSSR count). The van der Waals surface area contributed by atoms with Crippen LogP contribution in [0.15, 0.2) is 24.3 Å². The number of rotatable bonds is 5. The van der Waals surface area contributed by atoms with Crippen LogP contribution in [0, 0.1) is 12.7 Å². The molecule has 1 heterocycles. The molecule has 21 heavy (non-hydrogen) atoms. The quantitative estimate of drug-likeness (QED) is 0.915. The Bertz CT molecular complexity index is 664. The standard InChI is InChI=1S/C16H18FNO2S/c1-10-13(8-14(19)20)21-15(18-10)16(2,3)9-11-6-4-5-7-12(11)17/h4-7H,8-9H2,1-3H3,(H,19,20). The highest BCUT2D eigenvalue weighted by Crippen LogP contribution is 2.33. The number of thiazole rings is 1. The van der Waals surface area contributed by atoms with Crippen molar-refractivity contribution in [2.75, 3.05) is 0 Å². The van der Waals surface area contributed by atoms with E-state index in [1.807, 2.05) is 26.8 Å². The fourth-order valence-electron chi connectivity index (χ4n) is 2.21. The molecule has 0 aliphatic rings. The highest BCUT2D eigenvalue weighted by Gasteiger charge is 2.27. The van der Waals surface area contributed by atoms with Crippen LogP contribution in [0.4, 0.5) is 4.39 Å². The topological polar surface area (TPSA) is 50.2 Å². The molecule has 0 aliphatic heterocycles. The zero-order valence-electron chi connectivity index (χ0n) is 12.3. The molecule has 0 bridgehead atoms. The van der Waals surface area contributed by atoms with Crippen molar-refractivity contribution < 1.29 is 14.3 Å². The third-order valence-corrected chi connectivity index (χ3v) is 4.90. The molecule has 3 nitrogen and oxygen atoms in total. The monoisotopic (exact) mass is 307 g/mol. The molecule has 5 heteroatoms. The lowest BCUT2D eigenvalue weighted by molar-refractivity contribution is -0.136. The summed E-state index contributed by atoms with van der Waals surface area (Å²) in [6.45, 7) is 5.82. The molecule has 1 aromatic carbocycles. The van der Waals surface area contributed by atoms with Gasteiger partial charge in [-0.05, 0) is 25.0 Å². The Labute approximate surface area is 127 Å². The fraction of sp³-hybridized carbons (Fsp3) is 0.375. The lowest BCUT2D eigenvalue weighted by Gasteiger charge is -2.22. The van der Waals surface area contributed by atoms with Gasteiger partial charge in [0.05, 0.1) is 17.1 Å². The Morgan fingerprint density at radius 2 is 2.05 bits per heavy atom. The van der Waals surface area contributed by atoms with Gasteiger partial charge < -0.3 is 5.11 Å². The van der Waals surface area contributed by atoms with E-state index in [2.05, 4.69) is 4.98 Å². The molecule has 0 fully saturated rings. The number of hydrogen-bond acceptors (Lipinski definition) is 3. The van der Waals surface area contributed by atoms with Crippen molar-refractivity contribution >= 4 is 17.3 Å². The van der Waals surface area contributed by atoms with Crippen molar-refractivity contribution in [1.29, 1.82) is 0 Å². The van der Waals surface area contributed by atoms with Crippen LogP contribution in [0.1, 0.15) is 35.0 Å². The maximum atomic E-state index is 13.8. The van der Waals surface area contributed by atoms with Gasteiger partial charge in [0.25, 0.3) is 0 Å². The van der Waals surface area contributed by atoms with E-state index in [0.717, 1.165) is 15.6 Å². The molecule has 1 N–H and O–H groups in total. The van der Waals surface area contributed by atoms with Gasteiger partial charge in [0.2, 0.25) is 0 Å². The molecular weight excluding hydrogens is 289 g/mol. The SMILES string of the molecule is Cc1nc(C(C)(C)Cc2ccccc2F)sc1CC(=O)O. The van der Waals surface area contributed by atoms with Crippen LogP contribution in [0.5, 0.6) is 0 Å². The third-order valence-electron chi connectivity index (χ3n) is 3.37. The van der Waals surface area contributed by atoms with Gasteiger partial charge in [0, 0.05) is 10.3 Å². The number of halogens is 1. The summed E-state index contributed by atoms with van der Waals surface area (Å²) in [4.78, 5) is 16.1. The summed E-state index contributed by atoms with van der Waals surface area (Å²) in [5.41, 5.74) is 1.06. The van der Waals surface area contributed by atoms with Crippen LogP contribution < -0.4 is 0 Å². The Morgan fingerprint density at radius 3 is 2.67 bits per heavy atom. The number of benzene rings is 1. The average molecular weight is 307 g/mol. The number of carboxylic acid groups (broad SMARTS) is 1. The van der Waals surface area contributed by atoms with Crippen molar-refractivity contribution in [3.63, 3.8) is 0 Å². The molecule has 0 amide bonds. The number of aromatic nitrogens is 1. The lowest BCUT2D eigenvalue weighted by atomic mass is 9.86. The molecule has 0 radical (unpaired) electrons. The van der Waals surface area contributed by atoms with Crippen LogP contribution in [0.25, 0.3) is 0 Å². The highest BCUT2D eigenvalue weighted by molar-refractivity contribution is 7.12. The molecular formula is C16H18FNO2S. The summed E-state index contributed by atoms with van der Waals surface area (Å²) < 4.78 is 13.8. The summed E-state index contributed by atoms with van der Waals surface area (Å²) in [6, 6.07) is 6.71. The first kappa shape index (κ1) is 15.6. The summed E-state index contributed by atoms with van der Waals surface area (Å²) in [7, 11) is 0. The van der Waals surface area contributed by atoms with Crippen molar-refractivity contribution in [2.24, 2.45) is 0 Å². The maximum absolute atomic E-state index is 13.8. The molecule has 0 atom stereocenters. The summed E-state index contributed by atoms with van der Waals surface area (Å²) in [6.07, 6.45) is 0.512. The van der Waals surface area contributed by atoms with E-state index in [9.17, 15) is 9.18 Å². The molecule has 2 aromatic rings. The number of aryl methyl sites for hydroxylation is 1. The summed E-state index contributed by atoms with van der Waals surface area (Å²) in [5.74, 6) is -1.08. The first-order valence-corrected chi connectivity index (χ1v) is 7.53. The van der Waals surface area contributed by atoms with Crippen molar-refractivity contribution in [3.8, 4) is 0 Å². The first-order chi connectivity index (χ1) is 9.79. The van der Waals surface area contributed by atoms with Gasteiger partial charge in [0.1, 0.15) is 5.82 Å². The van der Waals surface area contributed by atoms with E-state index >= 15 is 0 Å². The fourth-order valence-corrected chi connectivity index (χ4v) is 3.37. The van der Waals surface area contributed by atoms with E-state index in [4.69, 9.17) is 5.11 Å². The third kappa shape index (κ3) is 3.67. The lowest BCUT2D eigenvalue weighted by Crippen LogP contribution is -2.21. The van der Waals surface area contributed by atoms with Gasteiger partial charge in [-0.2, -0.15) is 0 Å². The van der Waals surface area contributed by atoms with Gasteiger partial charge in [0.15, 0.2) is 0 Å². The zero-order valence-corrected chi connectivity index (χ0v) is 13.1. The van der Waals surface area contributed by atoms with E-state index in [1.165, 1.54) is 17.4 Å². The van der Waals surface area contributed by atoms with E-state index in [-0.39, 0.29) is 17.7 Å². The minimum absolute atomic E-state index is 0.0146. The normalized spacial score (nSPS) is 11.6. The Kier molecular flexibility index (Phi) is 4.42. The van der Waals surface area contributed by atoms with E-state index in [1.54, 1.807) is 12.1 Å². The highest BCUT2D eigenvalue weighted by atomic mass is 32.1. The zero-order chi connectivity index (χ0) is 15.6. The van der Waals surface area contributed by atoms with Crippen LogP contribution >= 0.6 is 11.3 Å². The van der Waals surface area contributed by atoms with Gasteiger partial charge >= 0.3 is 5.97 Å². The van der Waals surface area contributed by atoms with Gasteiger partial charge in [-0.1, -0.05) is 32.0 Å². The number of aliphatic carboxylic acids is 1. The predicted molar refractivity (Wildman–Crippen MR) is 81.3 cm³/mol. The number of carboxylic acids is 1. The molecule has 0 saturated carbocycles. The summed E-state index contributed by atoms with van der Waals surface area (Å²) in [5, 5.41) is 9.75. The molecule has 0 unspecified atom stereocenters. The minimum Gasteiger partial charge on any atom is -0.481 e. The largest absolute Gasteiger partial charge is 0.481 e. The van der Waals surface area contributed by atoms with E-state index in [0.29, 0.717) is 12.0 Å². The molecule has 0 saturated heterocycles. The van der Waals surface area contributed by atoms with Crippen molar-refractivity contribution in [1.82, 2.24) is 4.98 Å². The number of carbonyl (C=O) groups is 1. The molecule has 0 aliphatic carbocycles. The Hall–Kier alpha value is -1.75. The second kappa shape index (κ2) is 5.93.